The Kier molecular flexibility index (Phi) is 6.32. The molecule has 24 heavy (non-hydrogen) atoms. The molecule has 0 fully saturated rings. The van der Waals surface area contributed by atoms with Crippen LogP contribution in [0.1, 0.15) is 35.3 Å². The fraction of sp³-hybridized carbons (Fsp3) is 0.222. The first-order valence-corrected chi connectivity index (χ1v) is 7.92. The van der Waals surface area contributed by atoms with Crippen LogP contribution in [0.25, 0.3) is 0 Å². The number of hydrogen-bond acceptors (Lipinski definition) is 2. The van der Waals surface area contributed by atoms with Crippen LogP contribution in [0.3, 0.4) is 0 Å². The fourth-order valence-corrected chi connectivity index (χ4v) is 2.27. The van der Waals surface area contributed by atoms with E-state index in [0.29, 0.717) is 10.6 Å². The lowest BCUT2D eigenvalue weighted by molar-refractivity contribution is -0.121. The Labute approximate surface area is 145 Å². The topological polar surface area (TPSA) is 58.2 Å². The number of hydrogen-bond donors (Lipinski definition) is 2. The fourth-order valence-electron chi connectivity index (χ4n) is 2.14. The molecule has 1 unspecified atom stereocenters. The molecule has 2 N–H and O–H groups in total. The predicted octanol–water partition coefficient (Wildman–Crippen LogP) is 3.48. The summed E-state index contributed by atoms with van der Waals surface area (Å²) >= 11 is 5.76. The van der Waals surface area contributed by atoms with E-state index in [1.807, 2.05) is 6.92 Å². The second-order valence-electron chi connectivity index (χ2n) is 5.35. The molecule has 2 rings (SSSR count). The van der Waals surface area contributed by atoms with Gasteiger partial charge in [-0.1, -0.05) is 23.7 Å². The Morgan fingerprint density at radius 3 is 2.33 bits per heavy atom. The van der Waals surface area contributed by atoms with Crippen LogP contribution < -0.4 is 10.6 Å². The minimum atomic E-state index is -0.317. The molecular formula is C18H18ClFN2O2. The standard InChI is InChI=1S/C18H18ClFN2O2/c1-12(13-4-8-16(20)9-5-13)22-17(23)10-11-21-18(24)14-2-6-15(19)7-3-14/h2-9,12H,10-11H2,1H3,(H,21,24)(H,22,23). The molecular weight excluding hydrogens is 331 g/mol. The number of halogens is 2. The Morgan fingerprint density at radius 2 is 1.71 bits per heavy atom. The van der Waals surface area contributed by atoms with E-state index in [0.717, 1.165) is 5.56 Å². The molecule has 0 radical (unpaired) electrons. The molecule has 0 bridgehead atoms. The van der Waals surface area contributed by atoms with Crippen molar-refractivity contribution in [2.45, 2.75) is 19.4 Å². The van der Waals surface area contributed by atoms with E-state index >= 15 is 0 Å². The van der Waals surface area contributed by atoms with Gasteiger partial charge in [0.25, 0.3) is 5.91 Å². The summed E-state index contributed by atoms with van der Waals surface area (Å²) in [6.45, 7) is 2.04. The molecule has 0 aromatic heterocycles. The highest BCUT2D eigenvalue weighted by Crippen LogP contribution is 2.13. The maximum atomic E-state index is 12.9. The van der Waals surface area contributed by atoms with Crippen LogP contribution in [0.15, 0.2) is 48.5 Å². The van der Waals surface area contributed by atoms with E-state index in [4.69, 9.17) is 11.6 Å². The van der Waals surface area contributed by atoms with Gasteiger partial charge in [0.2, 0.25) is 5.91 Å². The van der Waals surface area contributed by atoms with Crippen molar-refractivity contribution in [2.75, 3.05) is 6.54 Å². The van der Waals surface area contributed by atoms with Crippen LogP contribution in [0.5, 0.6) is 0 Å². The summed E-state index contributed by atoms with van der Waals surface area (Å²) in [5.41, 5.74) is 1.30. The Morgan fingerprint density at radius 1 is 1.08 bits per heavy atom. The Balaban J connectivity index is 1.75. The Bertz CT molecular complexity index is 702. The number of nitrogens with one attached hydrogen (secondary N) is 2. The summed E-state index contributed by atoms with van der Waals surface area (Å²) in [6.07, 6.45) is 0.158. The number of amides is 2. The van der Waals surface area contributed by atoms with Crippen LogP contribution in [0.2, 0.25) is 5.02 Å². The van der Waals surface area contributed by atoms with Gasteiger partial charge in [-0.3, -0.25) is 9.59 Å². The van der Waals surface area contributed by atoms with E-state index in [9.17, 15) is 14.0 Å². The third-order valence-corrected chi connectivity index (χ3v) is 3.74. The average Bonchev–Trinajstić information content (AvgIpc) is 2.55. The van der Waals surface area contributed by atoms with Crippen molar-refractivity contribution in [1.29, 1.82) is 0 Å². The normalized spacial score (nSPS) is 11.6. The molecule has 126 valence electrons. The first kappa shape index (κ1) is 17.9. The van der Waals surface area contributed by atoms with Crippen molar-refractivity contribution >= 4 is 23.4 Å². The zero-order chi connectivity index (χ0) is 17.5. The molecule has 0 saturated heterocycles. The maximum Gasteiger partial charge on any atom is 0.251 e. The number of rotatable bonds is 6. The summed E-state index contributed by atoms with van der Waals surface area (Å²) in [5.74, 6) is -0.767. The summed E-state index contributed by atoms with van der Waals surface area (Å²) < 4.78 is 12.9. The van der Waals surface area contributed by atoms with Gasteiger partial charge in [0.15, 0.2) is 0 Å². The molecule has 0 heterocycles. The molecule has 2 aromatic carbocycles. The van der Waals surface area contributed by atoms with Gasteiger partial charge in [0.1, 0.15) is 5.82 Å². The first-order chi connectivity index (χ1) is 11.5. The maximum absolute atomic E-state index is 12.9. The number of carbonyl (C=O) groups excluding carboxylic acids is 2. The highest BCUT2D eigenvalue weighted by Gasteiger charge is 2.10. The molecule has 4 nitrogen and oxygen atoms in total. The van der Waals surface area contributed by atoms with E-state index in [1.165, 1.54) is 12.1 Å². The molecule has 1 atom stereocenters. The summed E-state index contributed by atoms with van der Waals surface area (Å²) in [4.78, 5) is 23.8. The van der Waals surface area contributed by atoms with Crippen LogP contribution in [0, 0.1) is 5.82 Å². The second kappa shape index (κ2) is 8.45. The molecule has 0 spiro atoms. The summed E-state index contributed by atoms with van der Waals surface area (Å²) in [7, 11) is 0. The molecule has 0 aliphatic heterocycles. The van der Waals surface area contributed by atoms with E-state index in [-0.39, 0.29) is 36.6 Å². The van der Waals surface area contributed by atoms with Gasteiger partial charge in [0, 0.05) is 23.6 Å². The van der Waals surface area contributed by atoms with Crippen LogP contribution in [-0.2, 0) is 4.79 Å². The number of benzene rings is 2. The van der Waals surface area contributed by atoms with Gasteiger partial charge in [-0.2, -0.15) is 0 Å². The minimum Gasteiger partial charge on any atom is -0.352 e. The minimum absolute atomic E-state index is 0.158. The van der Waals surface area contributed by atoms with Crippen molar-refractivity contribution in [3.05, 3.63) is 70.5 Å². The molecule has 0 aliphatic rings. The SMILES string of the molecule is CC(NC(=O)CCNC(=O)c1ccc(Cl)cc1)c1ccc(F)cc1. The largest absolute Gasteiger partial charge is 0.352 e. The molecule has 6 heteroatoms. The molecule has 0 aliphatic carbocycles. The highest BCUT2D eigenvalue weighted by molar-refractivity contribution is 6.30. The van der Waals surface area contributed by atoms with Crippen molar-refractivity contribution in [3.8, 4) is 0 Å². The zero-order valence-corrected chi connectivity index (χ0v) is 13.9. The molecule has 0 saturated carbocycles. The van der Waals surface area contributed by atoms with Crippen molar-refractivity contribution in [3.63, 3.8) is 0 Å². The smallest absolute Gasteiger partial charge is 0.251 e. The van der Waals surface area contributed by atoms with Gasteiger partial charge >= 0.3 is 0 Å². The second-order valence-corrected chi connectivity index (χ2v) is 5.79. The van der Waals surface area contributed by atoms with Gasteiger partial charge in [-0.05, 0) is 48.9 Å². The number of carbonyl (C=O) groups is 2. The van der Waals surface area contributed by atoms with E-state index < -0.39 is 0 Å². The zero-order valence-electron chi connectivity index (χ0n) is 13.2. The lowest BCUT2D eigenvalue weighted by Gasteiger charge is -2.14. The molecule has 2 amide bonds. The highest BCUT2D eigenvalue weighted by atomic mass is 35.5. The predicted molar refractivity (Wildman–Crippen MR) is 91.4 cm³/mol. The lowest BCUT2D eigenvalue weighted by Crippen LogP contribution is -2.32. The third kappa shape index (κ3) is 5.35. The van der Waals surface area contributed by atoms with Crippen LogP contribution in [0.4, 0.5) is 4.39 Å². The average molecular weight is 349 g/mol. The van der Waals surface area contributed by atoms with Crippen LogP contribution >= 0.6 is 11.6 Å². The van der Waals surface area contributed by atoms with Crippen LogP contribution in [-0.4, -0.2) is 18.4 Å². The Hall–Kier alpha value is -2.40. The van der Waals surface area contributed by atoms with Gasteiger partial charge in [0.05, 0.1) is 6.04 Å². The van der Waals surface area contributed by atoms with Crippen molar-refractivity contribution in [2.24, 2.45) is 0 Å². The van der Waals surface area contributed by atoms with Crippen molar-refractivity contribution in [1.82, 2.24) is 10.6 Å². The molecule has 2 aromatic rings. The van der Waals surface area contributed by atoms with E-state index in [2.05, 4.69) is 10.6 Å². The van der Waals surface area contributed by atoms with Gasteiger partial charge in [-0.15, -0.1) is 0 Å². The van der Waals surface area contributed by atoms with Crippen molar-refractivity contribution < 1.29 is 14.0 Å². The van der Waals surface area contributed by atoms with E-state index in [1.54, 1.807) is 36.4 Å². The quantitative estimate of drug-likeness (QED) is 0.839. The van der Waals surface area contributed by atoms with Gasteiger partial charge < -0.3 is 10.6 Å². The van der Waals surface area contributed by atoms with Gasteiger partial charge in [-0.25, -0.2) is 4.39 Å². The summed E-state index contributed by atoms with van der Waals surface area (Å²) in [5, 5.41) is 6.04. The third-order valence-electron chi connectivity index (χ3n) is 3.49. The monoisotopic (exact) mass is 348 g/mol. The lowest BCUT2D eigenvalue weighted by atomic mass is 10.1. The summed E-state index contributed by atoms with van der Waals surface area (Å²) in [6, 6.07) is 12.2. The first-order valence-electron chi connectivity index (χ1n) is 7.54.